The van der Waals surface area contributed by atoms with Crippen molar-refractivity contribution in [2.24, 2.45) is 0 Å². The maximum absolute atomic E-state index is 13.9. The molecular formula is C28H30Cl2FN3O4S. The van der Waals surface area contributed by atoms with E-state index in [-0.39, 0.29) is 39.5 Å². The van der Waals surface area contributed by atoms with E-state index in [9.17, 15) is 22.4 Å². The highest BCUT2D eigenvalue weighted by Gasteiger charge is 2.34. The van der Waals surface area contributed by atoms with Gasteiger partial charge in [-0.05, 0) is 62.2 Å². The van der Waals surface area contributed by atoms with Gasteiger partial charge in [-0.25, -0.2) is 12.8 Å². The zero-order valence-electron chi connectivity index (χ0n) is 21.8. The van der Waals surface area contributed by atoms with Crippen molar-refractivity contribution in [1.29, 1.82) is 0 Å². The molecule has 0 aliphatic heterocycles. The van der Waals surface area contributed by atoms with Gasteiger partial charge in [-0.1, -0.05) is 66.0 Å². The second-order valence-electron chi connectivity index (χ2n) is 8.86. The second kappa shape index (κ2) is 13.3. The molecule has 0 radical (unpaired) electrons. The fourth-order valence-electron chi connectivity index (χ4n) is 4.03. The molecule has 1 atom stereocenters. The number of carbonyl (C=O) groups is 2. The monoisotopic (exact) mass is 593 g/mol. The highest BCUT2D eigenvalue weighted by atomic mass is 35.5. The van der Waals surface area contributed by atoms with Crippen molar-refractivity contribution in [3.63, 3.8) is 0 Å². The quantitative estimate of drug-likeness (QED) is 0.314. The van der Waals surface area contributed by atoms with Gasteiger partial charge in [0, 0.05) is 13.1 Å². The Morgan fingerprint density at radius 3 is 2.21 bits per heavy atom. The summed E-state index contributed by atoms with van der Waals surface area (Å²) in [6, 6.07) is 15.3. The number of benzene rings is 3. The Morgan fingerprint density at radius 1 is 0.974 bits per heavy atom. The SMILES string of the molecule is CCNC(=O)[C@H](CC)N(Cc1ccc(F)cc1)C(=O)CN(c1cccc(Cl)c1Cl)S(=O)(=O)c1ccc(C)cc1. The van der Waals surface area contributed by atoms with Crippen LogP contribution < -0.4 is 9.62 Å². The molecule has 0 fully saturated rings. The van der Waals surface area contributed by atoms with Crippen LogP contribution in [0.3, 0.4) is 0 Å². The number of nitrogens with one attached hydrogen (secondary N) is 1. The summed E-state index contributed by atoms with van der Waals surface area (Å²) in [6.45, 7) is 4.97. The van der Waals surface area contributed by atoms with Crippen LogP contribution in [0.4, 0.5) is 10.1 Å². The van der Waals surface area contributed by atoms with Crippen LogP contribution in [0.5, 0.6) is 0 Å². The Bertz CT molecular complexity index is 1420. The average Bonchev–Trinajstić information content (AvgIpc) is 2.90. The van der Waals surface area contributed by atoms with Gasteiger partial charge in [0.25, 0.3) is 10.0 Å². The minimum atomic E-state index is -4.29. The summed E-state index contributed by atoms with van der Waals surface area (Å²) in [5.41, 5.74) is 1.45. The summed E-state index contributed by atoms with van der Waals surface area (Å²) in [7, 11) is -4.29. The first kappa shape index (κ1) is 30.4. The van der Waals surface area contributed by atoms with Gasteiger partial charge < -0.3 is 10.2 Å². The number of anilines is 1. The number of nitrogens with zero attached hydrogens (tertiary/aromatic N) is 2. The number of hydrogen-bond acceptors (Lipinski definition) is 4. The van der Waals surface area contributed by atoms with Gasteiger partial charge in [0.2, 0.25) is 11.8 Å². The van der Waals surface area contributed by atoms with Crippen LogP contribution in [-0.4, -0.2) is 44.3 Å². The number of carbonyl (C=O) groups excluding carboxylic acids is 2. The lowest BCUT2D eigenvalue weighted by Crippen LogP contribution is -2.52. The standard InChI is InChI=1S/C28H30Cl2FN3O4S/c1-4-24(28(36)32-5-2)33(17-20-11-13-21(31)14-12-20)26(35)18-34(25-8-6-7-23(29)27(25)30)39(37,38)22-15-9-19(3)10-16-22/h6-16,24H,4-5,17-18H2,1-3H3,(H,32,36)/t24-/m0/s1. The maximum atomic E-state index is 13.9. The van der Waals surface area contributed by atoms with E-state index in [0.29, 0.717) is 12.1 Å². The fourth-order valence-corrected chi connectivity index (χ4v) is 5.91. The number of likely N-dealkylation sites (N-methyl/N-ethyl adjacent to an activating group) is 1. The van der Waals surface area contributed by atoms with E-state index in [1.807, 2.05) is 6.92 Å². The minimum Gasteiger partial charge on any atom is -0.355 e. The van der Waals surface area contributed by atoms with Gasteiger partial charge in [0.1, 0.15) is 18.4 Å². The minimum absolute atomic E-state index is 0.0193. The van der Waals surface area contributed by atoms with Crippen molar-refractivity contribution in [2.45, 2.75) is 44.7 Å². The van der Waals surface area contributed by atoms with Gasteiger partial charge in [0.15, 0.2) is 0 Å². The summed E-state index contributed by atoms with van der Waals surface area (Å²) in [4.78, 5) is 28.1. The van der Waals surface area contributed by atoms with Crippen LogP contribution in [0, 0.1) is 12.7 Å². The Labute approximate surface area is 238 Å². The predicted molar refractivity (Wildman–Crippen MR) is 152 cm³/mol. The molecule has 3 aromatic rings. The molecule has 7 nitrogen and oxygen atoms in total. The molecule has 208 valence electrons. The van der Waals surface area contributed by atoms with Gasteiger partial charge >= 0.3 is 0 Å². The molecule has 0 heterocycles. The van der Waals surface area contributed by atoms with Crippen LogP contribution in [0.2, 0.25) is 10.0 Å². The molecular weight excluding hydrogens is 564 g/mol. The number of halogens is 3. The first-order valence-electron chi connectivity index (χ1n) is 12.3. The summed E-state index contributed by atoms with van der Waals surface area (Å²) >= 11 is 12.6. The van der Waals surface area contributed by atoms with Crippen LogP contribution in [0.25, 0.3) is 0 Å². The first-order valence-corrected chi connectivity index (χ1v) is 14.5. The molecule has 0 unspecified atom stereocenters. The lowest BCUT2D eigenvalue weighted by molar-refractivity contribution is -0.140. The number of hydrogen-bond donors (Lipinski definition) is 1. The van der Waals surface area contributed by atoms with Crippen LogP contribution in [0.1, 0.15) is 31.4 Å². The van der Waals surface area contributed by atoms with E-state index in [0.717, 1.165) is 9.87 Å². The molecule has 1 N–H and O–H groups in total. The van der Waals surface area contributed by atoms with Crippen molar-refractivity contribution >= 4 is 50.7 Å². The van der Waals surface area contributed by atoms with Crippen molar-refractivity contribution in [2.75, 3.05) is 17.4 Å². The fraction of sp³-hybridized carbons (Fsp3) is 0.286. The van der Waals surface area contributed by atoms with E-state index in [1.54, 1.807) is 26.0 Å². The summed E-state index contributed by atoms with van der Waals surface area (Å²) in [5, 5.41) is 2.80. The Kier molecular flexibility index (Phi) is 10.4. The van der Waals surface area contributed by atoms with E-state index in [4.69, 9.17) is 23.2 Å². The van der Waals surface area contributed by atoms with Crippen LogP contribution in [-0.2, 0) is 26.2 Å². The molecule has 3 rings (SSSR count). The zero-order valence-corrected chi connectivity index (χ0v) is 24.2. The number of rotatable bonds is 11. The van der Waals surface area contributed by atoms with Crippen LogP contribution >= 0.6 is 23.2 Å². The van der Waals surface area contributed by atoms with Crippen LogP contribution in [0.15, 0.2) is 71.6 Å². The molecule has 0 aromatic heterocycles. The van der Waals surface area contributed by atoms with Gasteiger partial charge in [0.05, 0.1) is 20.6 Å². The second-order valence-corrected chi connectivity index (χ2v) is 11.5. The van der Waals surface area contributed by atoms with Gasteiger partial charge in [-0.15, -0.1) is 0 Å². The maximum Gasteiger partial charge on any atom is 0.264 e. The smallest absolute Gasteiger partial charge is 0.264 e. The molecule has 0 saturated carbocycles. The van der Waals surface area contributed by atoms with E-state index in [1.165, 1.54) is 59.5 Å². The zero-order chi connectivity index (χ0) is 28.7. The number of sulfonamides is 1. The summed E-state index contributed by atoms with van der Waals surface area (Å²) in [5.74, 6) is -1.48. The predicted octanol–water partition coefficient (Wildman–Crippen LogP) is 5.58. The molecule has 0 bridgehead atoms. The highest BCUT2D eigenvalue weighted by molar-refractivity contribution is 7.92. The molecule has 39 heavy (non-hydrogen) atoms. The Balaban J connectivity index is 2.10. The Hall–Kier alpha value is -3.14. The van der Waals surface area contributed by atoms with Crippen molar-refractivity contribution < 1.29 is 22.4 Å². The average molecular weight is 595 g/mol. The van der Waals surface area contributed by atoms with Crippen molar-refractivity contribution in [3.8, 4) is 0 Å². The first-order chi connectivity index (χ1) is 18.5. The lowest BCUT2D eigenvalue weighted by Gasteiger charge is -2.33. The highest BCUT2D eigenvalue weighted by Crippen LogP contribution is 2.35. The third-order valence-corrected chi connectivity index (χ3v) is 8.67. The molecule has 0 aliphatic carbocycles. The number of amides is 2. The molecule has 2 amide bonds. The largest absolute Gasteiger partial charge is 0.355 e. The van der Waals surface area contributed by atoms with Crippen molar-refractivity contribution in [1.82, 2.24) is 10.2 Å². The Morgan fingerprint density at radius 2 is 1.62 bits per heavy atom. The van der Waals surface area contributed by atoms with Gasteiger partial charge in [-0.3, -0.25) is 13.9 Å². The topological polar surface area (TPSA) is 86.8 Å². The molecule has 0 spiro atoms. The van der Waals surface area contributed by atoms with E-state index in [2.05, 4.69) is 5.32 Å². The third kappa shape index (κ3) is 7.29. The molecule has 11 heteroatoms. The summed E-state index contributed by atoms with van der Waals surface area (Å²) < 4.78 is 42.2. The number of aryl methyl sites for hydroxylation is 1. The lowest BCUT2D eigenvalue weighted by atomic mass is 10.1. The van der Waals surface area contributed by atoms with Gasteiger partial charge in [-0.2, -0.15) is 0 Å². The third-order valence-electron chi connectivity index (χ3n) is 6.09. The molecule has 0 saturated heterocycles. The molecule has 3 aromatic carbocycles. The normalized spacial score (nSPS) is 12.1. The molecule has 0 aliphatic rings. The van der Waals surface area contributed by atoms with Crippen molar-refractivity contribution in [3.05, 3.63) is 93.7 Å². The van der Waals surface area contributed by atoms with E-state index >= 15 is 0 Å². The van der Waals surface area contributed by atoms with E-state index < -0.39 is 34.3 Å². The summed E-state index contributed by atoms with van der Waals surface area (Å²) in [6.07, 6.45) is 0.265.